The zero-order valence-electron chi connectivity index (χ0n) is 11.0. The van der Waals surface area contributed by atoms with Gasteiger partial charge in [-0.3, -0.25) is 0 Å². The van der Waals surface area contributed by atoms with Gasteiger partial charge in [0.05, 0.1) is 12.2 Å². The number of likely N-dealkylation sites (tertiary alicyclic amines) is 1. The fraction of sp³-hybridized carbons (Fsp3) is 1.00. The average molecular weight is 273 g/mol. The van der Waals surface area contributed by atoms with Crippen LogP contribution in [0.1, 0.15) is 25.7 Å². The minimum absolute atomic E-state index is 0. The van der Waals surface area contributed by atoms with Crippen molar-refractivity contribution < 1.29 is 4.74 Å². The molecule has 0 aromatic rings. The molecule has 0 aromatic carbocycles. The zero-order valence-corrected chi connectivity index (χ0v) is 11.8. The van der Waals surface area contributed by atoms with Crippen molar-refractivity contribution in [3.63, 3.8) is 0 Å². The molecule has 0 spiro atoms. The molecule has 2 bridgehead atoms. The molecular formula is C14H25ClN2O. The molecule has 0 radical (unpaired) electrons. The van der Waals surface area contributed by atoms with Gasteiger partial charge in [-0.05, 0) is 44.7 Å². The smallest absolute Gasteiger partial charge is 0.0624 e. The molecule has 0 saturated carbocycles. The van der Waals surface area contributed by atoms with Crippen molar-refractivity contribution in [2.24, 2.45) is 17.8 Å². The van der Waals surface area contributed by atoms with Crippen molar-refractivity contribution in [2.75, 3.05) is 32.7 Å². The lowest BCUT2D eigenvalue weighted by Gasteiger charge is -2.28. The van der Waals surface area contributed by atoms with E-state index in [-0.39, 0.29) is 12.4 Å². The van der Waals surface area contributed by atoms with Crippen molar-refractivity contribution in [3.05, 3.63) is 0 Å². The predicted octanol–water partition coefficient (Wildman–Crippen LogP) is 1.52. The number of hydrogen-bond acceptors (Lipinski definition) is 3. The summed E-state index contributed by atoms with van der Waals surface area (Å²) in [6, 6.07) is 0. The van der Waals surface area contributed by atoms with Crippen LogP contribution in [0.4, 0.5) is 0 Å². The minimum Gasteiger partial charge on any atom is -0.374 e. The first kappa shape index (κ1) is 13.2. The third-order valence-corrected chi connectivity index (χ3v) is 5.44. The molecule has 0 aliphatic carbocycles. The Bertz CT molecular complexity index is 278. The van der Waals surface area contributed by atoms with Crippen LogP contribution in [-0.4, -0.2) is 49.8 Å². The van der Waals surface area contributed by atoms with Crippen LogP contribution in [0, 0.1) is 17.8 Å². The number of piperidine rings is 1. The monoisotopic (exact) mass is 272 g/mol. The van der Waals surface area contributed by atoms with Gasteiger partial charge in [-0.1, -0.05) is 0 Å². The fourth-order valence-electron chi connectivity index (χ4n) is 4.64. The fourth-order valence-corrected chi connectivity index (χ4v) is 4.64. The van der Waals surface area contributed by atoms with Crippen molar-refractivity contribution in [1.29, 1.82) is 0 Å². The Kier molecular flexibility index (Phi) is 3.86. The Morgan fingerprint density at radius 3 is 2.39 bits per heavy atom. The second-order valence-electron chi connectivity index (χ2n) is 6.55. The number of nitrogens with one attached hydrogen (secondary N) is 1. The van der Waals surface area contributed by atoms with Crippen molar-refractivity contribution in [3.8, 4) is 0 Å². The molecule has 5 unspecified atom stereocenters. The van der Waals surface area contributed by atoms with Crippen molar-refractivity contribution in [1.82, 2.24) is 10.2 Å². The van der Waals surface area contributed by atoms with Gasteiger partial charge in [0.2, 0.25) is 0 Å². The van der Waals surface area contributed by atoms with E-state index in [9.17, 15) is 0 Å². The number of fused-ring (bicyclic) bond motifs is 5. The Morgan fingerprint density at radius 1 is 1.06 bits per heavy atom. The van der Waals surface area contributed by atoms with Gasteiger partial charge in [-0.25, -0.2) is 0 Å². The van der Waals surface area contributed by atoms with Gasteiger partial charge in [0.25, 0.3) is 0 Å². The number of ether oxygens (including phenoxy) is 1. The minimum atomic E-state index is 0. The van der Waals surface area contributed by atoms with Crippen LogP contribution in [0.15, 0.2) is 0 Å². The number of halogens is 1. The predicted molar refractivity (Wildman–Crippen MR) is 74.2 cm³/mol. The molecule has 5 atom stereocenters. The van der Waals surface area contributed by atoms with Gasteiger partial charge >= 0.3 is 0 Å². The molecule has 104 valence electrons. The Morgan fingerprint density at radius 2 is 1.78 bits per heavy atom. The highest BCUT2D eigenvalue weighted by Crippen LogP contribution is 2.47. The molecule has 1 N–H and O–H groups in total. The van der Waals surface area contributed by atoms with E-state index in [1.54, 1.807) is 0 Å². The molecule has 0 amide bonds. The third-order valence-electron chi connectivity index (χ3n) is 5.44. The topological polar surface area (TPSA) is 24.5 Å². The van der Waals surface area contributed by atoms with Gasteiger partial charge in [0.1, 0.15) is 0 Å². The van der Waals surface area contributed by atoms with Crippen LogP contribution >= 0.6 is 12.4 Å². The maximum Gasteiger partial charge on any atom is 0.0624 e. The normalized spacial score (nSPS) is 47.0. The maximum absolute atomic E-state index is 6.04. The first-order chi connectivity index (χ1) is 8.40. The van der Waals surface area contributed by atoms with Gasteiger partial charge in [-0.2, -0.15) is 0 Å². The molecular weight excluding hydrogens is 248 g/mol. The maximum atomic E-state index is 6.04. The molecule has 4 heteroatoms. The third kappa shape index (κ3) is 2.20. The van der Waals surface area contributed by atoms with Crippen LogP contribution in [0.2, 0.25) is 0 Å². The quantitative estimate of drug-likeness (QED) is 0.825. The van der Waals surface area contributed by atoms with Crippen molar-refractivity contribution >= 4 is 12.4 Å². The zero-order chi connectivity index (χ0) is 11.2. The summed E-state index contributed by atoms with van der Waals surface area (Å²) in [5.41, 5.74) is 0. The summed E-state index contributed by atoms with van der Waals surface area (Å²) in [4.78, 5) is 2.74. The highest BCUT2D eigenvalue weighted by Gasteiger charge is 2.52. The van der Waals surface area contributed by atoms with Gasteiger partial charge < -0.3 is 15.0 Å². The molecule has 4 rings (SSSR count). The summed E-state index contributed by atoms with van der Waals surface area (Å²) in [6.45, 7) is 6.46. The SMILES string of the molecule is C1CNCC(CN2CC3C4CCC(O4)C3C2)C1.Cl. The van der Waals surface area contributed by atoms with Gasteiger partial charge in [-0.15, -0.1) is 12.4 Å². The standard InChI is InChI=1S/C14H24N2O.ClH/c1-2-10(6-15-5-1)7-16-8-11-12(9-16)14-4-3-13(11)17-14;/h10-15H,1-9H2;1H. The second-order valence-corrected chi connectivity index (χ2v) is 6.55. The molecule has 4 heterocycles. The Hall–Kier alpha value is 0.170. The number of nitrogens with zero attached hydrogens (tertiary/aromatic N) is 1. The summed E-state index contributed by atoms with van der Waals surface area (Å²) in [5.74, 6) is 2.66. The first-order valence-corrected chi connectivity index (χ1v) is 7.48. The lowest BCUT2D eigenvalue weighted by Crippen LogP contribution is -2.38. The summed E-state index contributed by atoms with van der Waals surface area (Å²) in [5, 5.41) is 3.54. The molecule has 4 saturated heterocycles. The van der Waals surface area contributed by atoms with Crippen LogP contribution < -0.4 is 5.32 Å². The van der Waals surface area contributed by atoms with E-state index in [1.807, 2.05) is 0 Å². The van der Waals surface area contributed by atoms with E-state index in [1.165, 1.54) is 58.4 Å². The Labute approximate surface area is 116 Å². The molecule has 4 aliphatic rings. The van der Waals surface area contributed by atoms with E-state index >= 15 is 0 Å². The molecule has 4 aliphatic heterocycles. The summed E-state index contributed by atoms with van der Waals surface area (Å²) in [6.07, 6.45) is 6.73. The number of hydrogen-bond donors (Lipinski definition) is 1. The Balaban J connectivity index is 0.000001000. The van der Waals surface area contributed by atoms with E-state index in [0.717, 1.165) is 17.8 Å². The van der Waals surface area contributed by atoms with Gasteiger partial charge in [0.15, 0.2) is 0 Å². The molecule has 4 fully saturated rings. The van der Waals surface area contributed by atoms with Crippen LogP contribution in [0.25, 0.3) is 0 Å². The van der Waals surface area contributed by atoms with Gasteiger partial charge in [0, 0.05) is 31.5 Å². The average Bonchev–Trinajstić information content (AvgIpc) is 3.00. The lowest BCUT2D eigenvalue weighted by molar-refractivity contribution is 0.0678. The van der Waals surface area contributed by atoms with Crippen LogP contribution in [0.5, 0.6) is 0 Å². The van der Waals surface area contributed by atoms with E-state index < -0.39 is 0 Å². The molecule has 18 heavy (non-hydrogen) atoms. The lowest BCUT2D eigenvalue weighted by atomic mass is 9.82. The van der Waals surface area contributed by atoms with Crippen LogP contribution in [-0.2, 0) is 4.74 Å². The highest BCUT2D eigenvalue weighted by atomic mass is 35.5. The summed E-state index contributed by atoms with van der Waals surface area (Å²) >= 11 is 0. The molecule has 0 aromatic heterocycles. The van der Waals surface area contributed by atoms with E-state index in [2.05, 4.69) is 10.2 Å². The summed E-state index contributed by atoms with van der Waals surface area (Å²) in [7, 11) is 0. The summed E-state index contributed by atoms with van der Waals surface area (Å²) < 4.78 is 6.04. The molecule has 3 nitrogen and oxygen atoms in total. The number of rotatable bonds is 2. The first-order valence-electron chi connectivity index (χ1n) is 7.48. The van der Waals surface area contributed by atoms with E-state index in [4.69, 9.17) is 4.74 Å². The second kappa shape index (κ2) is 5.28. The van der Waals surface area contributed by atoms with Crippen molar-refractivity contribution in [2.45, 2.75) is 37.9 Å². The largest absolute Gasteiger partial charge is 0.374 e. The highest BCUT2D eigenvalue weighted by molar-refractivity contribution is 5.85. The van der Waals surface area contributed by atoms with E-state index in [0.29, 0.717) is 12.2 Å². The van der Waals surface area contributed by atoms with Crippen LogP contribution in [0.3, 0.4) is 0 Å².